The van der Waals surface area contributed by atoms with E-state index in [9.17, 15) is 0 Å². The van der Waals surface area contributed by atoms with E-state index in [1.807, 2.05) is 6.26 Å². The van der Waals surface area contributed by atoms with E-state index in [2.05, 4.69) is 18.3 Å². The van der Waals surface area contributed by atoms with Gasteiger partial charge in [-0.2, -0.15) is 0 Å². The number of fused-ring (bicyclic) bond motifs is 3. The summed E-state index contributed by atoms with van der Waals surface area (Å²) in [7, 11) is 0. The molecule has 0 aliphatic heterocycles. The van der Waals surface area contributed by atoms with E-state index in [1.165, 1.54) is 49.8 Å². The van der Waals surface area contributed by atoms with Crippen molar-refractivity contribution in [1.29, 1.82) is 0 Å². The monoisotopic (exact) mass is 259 g/mol. The molecule has 2 fully saturated rings. The quantitative estimate of drug-likeness (QED) is 0.885. The SMILES string of the molecule is CC(NC1CCCc2occc21)C1CC2CCC1C2. The van der Waals surface area contributed by atoms with Crippen molar-refractivity contribution in [1.82, 2.24) is 5.32 Å². The largest absolute Gasteiger partial charge is 0.469 e. The summed E-state index contributed by atoms with van der Waals surface area (Å²) in [6, 6.07) is 3.39. The zero-order chi connectivity index (χ0) is 12.8. The van der Waals surface area contributed by atoms with Gasteiger partial charge in [-0.15, -0.1) is 0 Å². The van der Waals surface area contributed by atoms with Crippen LogP contribution in [0.25, 0.3) is 0 Å². The summed E-state index contributed by atoms with van der Waals surface area (Å²) in [6.07, 6.45) is 11.5. The van der Waals surface area contributed by atoms with E-state index in [0.717, 1.165) is 24.2 Å². The molecule has 3 aliphatic carbocycles. The van der Waals surface area contributed by atoms with Crippen LogP contribution >= 0.6 is 0 Å². The summed E-state index contributed by atoms with van der Waals surface area (Å²) in [5.74, 6) is 4.22. The van der Waals surface area contributed by atoms with E-state index in [-0.39, 0.29) is 0 Å². The first kappa shape index (κ1) is 12.0. The van der Waals surface area contributed by atoms with Crippen molar-refractivity contribution in [2.24, 2.45) is 17.8 Å². The van der Waals surface area contributed by atoms with Crippen LogP contribution in [-0.4, -0.2) is 6.04 Å². The van der Waals surface area contributed by atoms with Crippen LogP contribution in [0.3, 0.4) is 0 Å². The highest BCUT2D eigenvalue weighted by molar-refractivity contribution is 5.24. The molecule has 2 heteroatoms. The van der Waals surface area contributed by atoms with Gasteiger partial charge in [0.15, 0.2) is 0 Å². The van der Waals surface area contributed by atoms with Crippen LogP contribution in [0.2, 0.25) is 0 Å². The minimum absolute atomic E-state index is 0.539. The van der Waals surface area contributed by atoms with Crippen molar-refractivity contribution in [3.8, 4) is 0 Å². The van der Waals surface area contributed by atoms with Gasteiger partial charge < -0.3 is 9.73 Å². The molecule has 0 aromatic carbocycles. The Labute approximate surface area is 116 Å². The molecule has 2 nitrogen and oxygen atoms in total. The first-order valence-electron chi connectivity index (χ1n) is 8.13. The first-order chi connectivity index (χ1) is 9.31. The Hall–Kier alpha value is -0.760. The van der Waals surface area contributed by atoms with E-state index < -0.39 is 0 Å². The minimum Gasteiger partial charge on any atom is -0.469 e. The molecule has 0 saturated heterocycles. The molecule has 1 aromatic rings. The van der Waals surface area contributed by atoms with Gasteiger partial charge in [-0.1, -0.05) is 6.42 Å². The predicted octanol–water partition coefficient (Wildman–Crippen LogP) is 4.07. The second-order valence-electron chi connectivity index (χ2n) is 7.04. The van der Waals surface area contributed by atoms with Crippen LogP contribution in [0.5, 0.6) is 0 Å². The average Bonchev–Trinajstić information content (AvgIpc) is 3.14. The number of aryl methyl sites for hydroxylation is 1. The lowest BCUT2D eigenvalue weighted by Gasteiger charge is -2.33. The molecule has 0 amide bonds. The number of hydrogen-bond donors (Lipinski definition) is 1. The number of hydrogen-bond acceptors (Lipinski definition) is 2. The normalized spacial score (nSPS) is 38.4. The van der Waals surface area contributed by atoms with Crippen LogP contribution in [0.15, 0.2) is 16.7 Å². The van der Waals surface area contributed by atoms with Crippen LogP contribution in [0.1, 0.15) is 62.8 Å². The Balaban J connectivity index is 1.45. The minimum atomic E-state index is 0.539. The zero-order valence-electron chi connectivity index (χ0n) is 11.9. The maximum absolute atomic E-state index is 5.60. The van der Waals surface area contributed by atoms with E-state index in [4.69, 9.17) is 4.42 Å². The summed E-state index contributed by atoms with van der Waals surface area (Å²) < 4.78 is 5.60. The lowest BCUT2D eigenvalue weighted by Crippen LogP contribution is -2.39. The second kappa shape index (κ2) is 4.66. The third kappa shape index (κ3) is 2.05. The standard InChI is InChI=1S/C17H25NO/c1-11(15-10-12-5-6-13(15)9-12)18-16-3-2-4-17-14(16)7-8-19-17/h7-8,11-13,15-16,18H,2-6,9-10H2,1H3. The van der Waals surface area contributed by atoms with Crippen LogP contribution < -0.4 is 5.32 Å². The van der Waals surface area contributed by atoms with Crippen molar-refractivity contribution in [2.75, 3.05) is 0 Å². The van der Waals surface area contributed by atoms with Crippen molar-refractivity contribution in [3.05, 3.63) is 23.7 Å². The highest BCUT2D eigenvalue weighted by Crippen LogP contribution is 2.49. The number of furan rings is 1. The Kier molecular flexibility index (Phi) is 2.95. The van der Waals surface area contributed by atoms with Gasteiger partial charge in [-0.25, -0.2) is 0 Å². The topological polar surface area (TPSA) is 25.2 Å². The van der Waals surface area contributed by atoms with Gasteiger partial charge in [-0.3, -0.25) is 0 Å². The average molecular weight is 259 g/mol. The summed E-state index contributed by atoms with van der Waals surface area (Å²) in [5.41, 5.74) is 1.43. The third-order valence-electron chi connectivity index (χ3n) is 5.95. The van der Waals surface area contributed by atoms with Gasteiger partial charge in [0.2, 0.25) is 0 Å². The lowest BCUT2D eigenvalue weighted by atomic mass is 9.83. The fraction of sp³-hybridized carbons (Fsp3) is 0.765. The fourth-order valence-electron chi connectivity index (χ4n) is 5.01. The predicted molar refractivity (Wildman–Crippen MR) is 75.9 cm³/mol. The summed E-state index contributed by atoms with van der Waals surface area (Å²) in [4.78, 5) is 0. The molecular formula is C17H25NO. The lowest BCUT2D eigenvalue weighted by molar-refractivity contribution is 0.237. The van der Waals surface area contributed by atoms with Crippen LogP contribution in [0.4, 0.5) is 0 Å². The second-order valence-corrected chi connectivity index (χ2v) is 7.04. The molecule has 4 rings (SSSR count). The molecule has 0 spiro atoms. The van der Waals surface area contributed by atoms with Crippen molar-refractivity contribution >= 4 is 0 Å². The van der Waals surface area contributed by atoms with Crippen molar-refractivity contribution in [3.63, 3.8) is 0 Å². The van der Waals surface area contributed by atoms with Crippen LogP contribution in [0, 0.1) is 17.8 Å². The van der Waals surface area contributed by atoms with E-state index in [1.54, 1.807) is 0 Å². The van der Waals surface area contributed by atoms with Gasteiger partial charge in [0.1, 0.15) is 5.76 Å². The zero-order valence-corrected chi connectivity index (χ0v) is 11.9. The Morgan fingerprint density at radius 3 is 3.00 bits per heavy atom. The summed E-state index contributed by atoms with van der Waals surface area (Å²) >= 11 is 0. The maximum Gasteiger partial charge on any atom is 0.108 e. The molecule has 1 aromatic heterocycles. The van der Waals surface area contributed by atoms with Gasteiger partial charge >= 0.3 is 0 Å². The third-order valence-corrected chi connectivity index (χ3v) is 5.95. The molecule has 3 aliphatic rings. The van der Waals surface area contributed by atoms with Crippen molar-refractivity contribution < 1.29 is 4.42 Å². The molecule has 5 unspecified atom stereocenters. The Morgan fingerprint density at radius 1 is 1.26 bits per heavy atom. The molecule has 0 radical (unpaired) electrons. The molecule has 2 bridgehead atoms. The highest BCUT2D eigenvalue weighted by atomic mass is 16.3. The molecule has 5 atom stereocenters. The molecule has 104 valence electrons. The van der Waals surface area contributed by atoms with E-state index >= 15 is 0 Å². The summed E-state index contributed by atoms with van der Waals surface area (Å²) in [6.45, 7) is 2.42. The van der Waals surface area contributed by atoms with E-state index in [0.29, 0.717) is 12.1 Å². The molecule has 1 heterocycles. The highest BCUT2D eigenvalue weighted by Gasteiger charge is 2.42. The first-order valence-corrected chi connectivity index (χ1v) is 8.13. The van der Waals surface area contributed by atoms with Gasteiger partial charge in [0, 0.05) is 24.1 Å². The van der Waals surface area contributed by atoms with Gasteiger partial charge in [-0.05, 0) is 62.8 Å². The Bertz CT molecular complexity index is 452. The maximum atomic E-state index is 5.60. The molecule has 2 saturated carbocycles. The smallest absolute Gasteiger partial charge is 0.108 e. The number of rotatable bonds is 3. The molecule has 1 N–H and O–H groups in total. The Morgan fingerprint density at radius 2 is 2.21 bits per heavy atom. The number of nitrogens with one attached hydrogen (secondary N) is 1. The van der Waals surface area contributed by atoms with Gasteiger partial charge in [0.25, 0.3) is 0 Å². The van der Waals surface area contributed by atoms with Gasteiger partial charge in [0.05, 0.1) is 6.26 Å². The molecular weight excluding hydrogens is 234 g/mol. The summed E-state index contributed by atoms with van der Waals surface area (Å²) in [5, 5.41) is 3.93. The fourth-order valence-corrected chi connectivity index (χ4v) is 5.01. The molecule has 19 heavy (non-hydrogen) atoms. The van der Waals surface area contributed by atoms with Crippen LogP contribution in [-0.2, 0) is 6.42 Å². The van der Waals surface area contributed by atoms with Crippen molar-refractivity contribution in [2.45, 2.75) is 64.0 Å².